The third kappa shape index (κ3) is 4.58. The van der Waals surface area contributed by atoms with Crippen LogP contribution in [0.2, 0.25) is 0 Å². The van der Waals surface area contributed by atoms with Crippen molar-refractivity contribution in [2.24, 2.45) is 0 Å². The van der Waals surface area contributed by atoms with Gasteiger partial charge in [0.25, 0.3) is 5.91 Å². The Labute approximate surface area is 157 Å². The maximum atomic E-state index is 12.6. The molecule has 1 atom stereocenters. The van der Waals surface area contributed by atoms with Crippen molar-refractivity contribution in [2.75, 3.05) is 24.7 Å². The van der Waals surface area contributed by atoms with Crippen LogP contribution < -0.4 is 4.74 Å². The Morgan fingerprint density at radius 1 is 1.12 bits per heavy atom. The number of carbonyl (C=O) groups excluding carboxylic acids is 1. The van der Waals surface area contributed by atoms with Crippen LogP contribution in [0, 0.1) is 0 Å². The molecule has 0 aliphatic carbocycles. The van der Waals surface area contributed by atoms with E-state index in [9.17, 15) is 9.59 Å². The van der Waals surface area contributed by atoms with E-state index in [-0.39, 0.29) is 25.0 Å². The molecule has 1 fully saturated rings. The summed E-state index contributed by atoms with van der Waals surface area (Å²) >= 11 is 1.68. The van der Waals surface area contributed by atoms with Crippen molar-refractivity contribution in [3.8, 4) is 16.9 Å². The summed E-state index contributed by atoms with van der Waals surface area (Å²) in [4.78, 5) is 25.3. The minimum absolute atomic E-state index is 0.0284. The summed E-state index contributed by atoms with van der Waals surface area (Å²) in [6.07, 6.45) is -0.0284. The lowest BCUT2D eigenvalue weighted by Gasteiger charge is -2.34. The van der Waals surface area contributed by atoms with Gasteiger partial charge in [-0.3, -0.25) is 9.59 Å². The Morgan fingerprint density at radius 3 is 2.62 bits per heavy atom. The van der Waals surface area contributed by atoms with E-state index in [4.69, 9.17) is 9.84 Å². The van der Waals surface area contributed by atoms with E-state index in [1.54, 1.807) is 16.7 Å². The molecule has 0 radical (unpaired) electrons. The summed E-state index contributed by atoms with van der Waals surface area (Å²) in [5, 5.41) is 9.06. The van der Waals surface area contributed by atoms with Gasteiger partial charge in [0.1, 0.15) is 5.75 Å². The molecule has 0 saturated carbocycles. The van der Waals surface area contributed by atoms with Crippen molar-refractivity contribution in [1.29, 1.82) is 0 Å². The first kappa shape index (κ1) is 18.3. The van der Waals surface area contributed by atoms with E-state index in [0.29, 0.717) is 18.0 Å². The zero-order chi connectivity index (χ0) is 18.4. The van der Waals surface area contributed by atoms with Gasteiger partial charge in [0.2, 0.25) is 0 Å². The number of aliphatic carboxylic acids is 1. The molecular weight excluding hydrogens is 350 g/mol. The number of hydrogen-bond donors (Lipinski definition) is 1. The highest BCUT2D eigenvalue weighted by Crippen LogP contribution is 2.29. The van der Waals surface area contributed by atoms with Crippen molar-refractivity contribution in [3.63, 3.8) is 0 Å². The Hall–Kier alpha value is -2.47. The third-order valence-electron chi connectivity index (χ3n) is 4.28. The van der Waals surface area contributed by atoms with Gasteiger partial charge in [-0.2, -0.15) is 11.8 Å². The molecule has 0 aromatic heterocycles. The molecule has 2 aromatic rings. The molecule has 1 N–H and O–H groups in total. The van der Waals surface area contributed by atoms with Crippen LogP contribution in [-0.2, 0) is 9.59 Å². The first-order valence-corrected chi connectivity index (χ1v) is 9.67. The van der Waals surface area contributed by atoms with Gasteiger partial charge in [-0.25, -0.2) is 0 Å². The molecule has 6 heteroatoms. The normalized spacial score (nSPS) is 16.9. The van der Waals surface area contributed by atoms with E-state index in [1.165, 1.54) is 0 Å². The predicted octanol–water partition coefficient (Wildman–Crippen LogP) is 3.15. The molecule has 26 heavy (non-hydrogen) atoms. The summed E-state index contributed by atoms with van der Waals surface area (Å²) in [6.45, 7) is 0.468. The van der Waals surface area contributed by atoms with Crippen LogP contribution in [0.4, 0.5) is 0 Å². The van der Waals surface area contributed by atoms with Gasteiger partial charge in [-0.05, 0) is 11.6 Å². The molecule has 1 saturated heterocycles. The second-order valence-electron chi connectivity index (χ2n) is 6.06. The largest absolute Gasteiger partial charge is 0.483 e. The van der Waals surface area contributed by atoms with Gasteiger partial charge >= 0.3 is 5.97 Å². The van der Waals surface area contributed by atoms with E-state index >= 15 is 0 Å². The van der Waals surface area contributed by atoms with Crippen molar-refractivity contribution in [3.05, 3.63) is 54.6 Å². The number of benzene rings is 2. The van der Waals surface area contributed by atoms with Crippen molar-refractivity contribution in [1.82, 2.24) is 4.90 Å². The minimum Gasteiger partial charge on any atom is -0.483 e. The average molecular weight is 371 g/mol. The third-order valence-corrected chi connectivity index (χ3v) is 5.37. The van der Waals surface area contributed by atoms with Gasteiger partial charge in [-0.1, -0.05) is 48.5 Å². The summed E-state index contributed by atoms with van der Waals surface area (Å²) in [5.74, 6) is 1.07. The van der Waals surface area contributed by atoms with Crippen LogP contribution >= 0.6 is 11.8 Å². The van der Waals surface area contributed by atoms with Gasteiger partial charge < -0.3 is 14.7 Å². The van der Waals surface area contributed by atoms with Gasteiger partial charge in [0.05, 0.1) is 12.5 Å². The summed E-state index contributed by atoms with van der Waals surface area (Å²) in [6, 6.07) is 17.2. The zero-order valence-electron chi connectivity index (χ0n) is 14.3. The summed E-state index contributed by atoms with van der Waals surface area (Å²) < 4.78 is 5.81. The average Bonchev–Trinajstić information content (AvgIpc) is 2.67. The SMILES string of the molecule is O=C(O)CC1CSCCN1C(=O)COc1ccccc1-c1ccccc1. The Balaban J connectivity index is 1.69. The molecule has 0 bridgehead atoms. The van der Waals surface area contributed by atoms with E-state index in [0.717, 1.165) is 16.9 Å². The van der Waals surface area contributed by atoms with Crippen molar-refractivity contribution < 1.29 is 19.4 Å². The fourth-order valence-electron chi connectivity index (χ4n) is 3.02. The number of carbonyl (C=O) groups is 2. The maximum Gasteiger partial charge on any atom is 0.305 e. The number of rotatable bonds is 6. The van der Waals surface area contributed by atoms with Crippen molar-refractivity contribution in [2.45, 2.75) is 12.5 Å². The smallest absolute Gasteiger partial charge is 0.305 e. The molecule has 136 valence electrons. The number of carboxylic acid groups (broad SMARTS) is 1. The van der Waals surface area contributed by atoms with E-state index < -0.39 is 5.97 Å². The number of para-hydroxylation sites is 1. The number of thioether (sulfide) groups is 1. The van der Waals surface area contributed by atoms with Crippen molar-refractivity contribution >= 4 is 23.6 Å². The maximum absolute atomic E-state index is 12.6. The van der Waals surface area contributed by atoms with Gasteiger partial charge in [0, 0.05) is 23.6 Å². The molecule has 1 aliphatic rings. The molecular formula is C20H21NO4S. The molecule has 3 rings (SSSR count). The Morgan fingerprint density at radius 2 is 1.85 bits per heavy atom. The van der Waals surface area contributed by atoms with Crippen LogP contribution in [0.15, 0.2) is 54.6 Å². The van der Waals surface area contributed by atoms with Crippen LogP contribution in [0.1, 0.15) is 6.42 Å². The number of nitrogens with zero attached hydrogens (tertiary/aromatic N) is 1. The topological polar surface area (TPSA) is 66.8 Å². The number of hydrogen-bond acceptors (Lipinski definition) is 4. The predicted molar refractivity (Wildman–Crippen MR) is 102 cm³/mol. The molecule has 5 nitrogen and oxygen atoms in total. The second kappa shape index (κ2) is 8.76. The quantitative estimate of drug-likeness (QED) is 0.845. The first-order valence-electron chi connectivity index (χ1n) is 8.51. The summed E-state index contributed by atoms with van der Waals surface area (Å²) in [7, 11) is 0. The molecule has 1 amide bonds. The molecule has 1 aliphatic heterocycles. The lowest BCUT2D eigenvalue weighted by molar-refractivity contribution is -0.141. The Kier molecular flexibility index (Phi) is 6.17. The first-order chi connectivity index (χ1) is 12.6. The van der Waals surface area contributed by atoms with Crippen LogP contribution in [-0.4, -0.2) is 52.6 Å². The number of amides is 1. The summed E-state index contributed by atoms with van der Waals surface area (Å²) in [5.41, 5.74) is 1.95. The highest BCUT2D eigenvalue weighted by Gasteiger charge is 2.29. The standard InChI is InChI=1S/C20H21NO4S/c22-19(21-10-11-26-14-16(21)12-20(23)24)13-25-18-9-5-4-8-17(18)15-6-2-1-3-7-15/h1-9,16H,10-14H2,(H,23,24). The van der Waals surface area contributed by atoms with Gasteiger partial charge in [0.15, 0.2) is 6.61 Å². The lowest BCUT2D eigenvalue weighted by atomic mass is 10.1. The minimum atomic E-state index is -0.884. The van der Waals surface area contributed by atoms with E-state index in [2.05, 4.69) is 0 Å². The molecule has 0 spiro atoms. The van der Waals surface area contributed by atoms with E-state index in [1.807, 2.05) is 54.6 Å². The number of ether oxygens (including phenoxy) is 1. The lowest BCUT2D eigenvalue weighted by Crippen LogP contribution is -2.48. The molecule has 1 unspecified atom stereocenters. The van der Waals surface area contributed by atoms with Gasteiger partial charge in [-0.15, -0.1) is 0 Å². The molecule has 1 heterocycles. The van der Waals surface area contributed by atoms with Crippen LogP contribution in [0.25, 0.3) is 11.1 Å². The molecule has 2 aromatic carbocycles. The highest BCUT2D eigenvalue weighted by molar-refractivity contribution is 7.99. The van der Waals surface area contributed by atoms with Crippen LogP contribution in [0.5, 0.6) is 5.75 Å². The fourth-order valence-corrected chi connectivity index (χ4v) is 4.09. The Bertz CT molecular complexity index is 765. The zero-order valence-corrected chi connectivity index (χ0v) is 15.2. The monoisotopic (exact) mass is 371 g/mol. The highest BCUT2D eigenvalue weighted by atomic mass is 32.2. The second-order valence-corrected chi connectivity index (χ2v) is 7.21. The fraction of sp³-hybridized carbons (Fsp3) is 0.300. The van der Waals surface area contributed by atoms with Crippen LogP contribution in [0.3, 0.4) is 0 Å². The number of carboxylic acids is 1.